The average Bonchev–Trinajstić information content (AvgIpc) is 2.50. The van der Waals surface area contributed by atoms with E-state index in [1.54, 1.807) is 12.1 Å². The number of para-hydroxylation sites is 1. The summed E-state index contributed by atoms with van der Waals surface area (Å²) in [5.74, 6) is 0.397. The molecule has 2 aromatic carbocycles. The lowest BCUT2D eigenvalue weighted by atomic mass is 10.1. The number of pyridine rings is 1. The van der Waals surface area contributed by atoms with E-state index in [9.17, 15) is 4.39 Å². The number of nitrogens with two attached hydrogens (primary N) is 1. The molecule has 0 unspecified atom stereocenters. The van der Waals surface area contributed by atoms with Crippen LogP contribution in [0.3, 0.4) is 0 Å². The van der Waals surface area contributed by atoms with Crippen LogP contribution in [0.5, 0.6) is 11.6 Å². The van der Waals surface area contributed by atoms with E-state index in [2.05, 4.69) is 20.9 Å². The molecular formula is C16H12BrFN2O. The molecule has 3 aromatic rings. The number of fused-ring (bicyclic) bond motifs is 1. The largest absolute Gasteiger partial charge is 0.438 e. The van der Waals surface area contributed by atoms with Gasteiger partial charge in [-0.1, -0.05) is 18.2 Å². The van der Waals surface area contributed by atoms with Crippen molar-refractivity contribution >= 4 is 26.8 Å². The van der Waals surface area contributed by atoms with Gasteiger partial charge >= 0.3 is 0 Å². The van der Waals surface area contributed by atoms with Gasteiger partial charge in [-0.2, -0.15) is 0 Å². The zero-order valence-electron chi connectivity index (χ0n) is 11.0. The van der Waals surface area contributed by atoms with Gasteiger partial charge in [-0.05, 0) is 39.7 Å². The first kappa shape index (κ1) is 14.0. The van der Waals surface area contributed by atoms with E-state index in [0.717, 1.165) is 16.5 Å². The number of benzene rings is 2. The summed E-state index contributed by atoms with van der Waals surface area (Å²) in [6.07, 6.45) is 0. The molecule has 0 amide bonds. The van der Waals surface area contributed by atoms with E-state index in [1.807, 2.05) is 24.3 Å². The van der Waals surface area contributed by atoms with Crippen molar-refractivity contribution in [3.63, 3.8) is 0 Å². The molecule has 0 saturated heterocycles. The summed E-state index contributed by atoms with van der Waals surface area (Å²) < 4.78 is 19.7. The number of nitrogens with zero attached hydrogens (tertiary/aromatic N) is 1. The van der Waals surface area contributed by atoms with E-state index in [-0.39, 0.29) is 5.82 Å². The van der Waals surface area contributed by atoms with Gasteiger partial charge in [0.15, 0.2) is 0 Å². The summed E-state index contributed by atoms with van der Waals surface area (Å²) >= 11 is 3.33. The van der Waals surface area contributed by atoms with Crippen molar-refractivity contribution < 1.29 is 9.13 Å². The maximum Gasteiger partial charge on any atom is 0.220 e. The normalized spacial score (nSPS) is 10.8. The maximum atomic E-state index is 13.3. The van der Waals surface area contributed by atoms with Crippen LogP contribution in [0.15, 0.2) is 53.0 Å². The smallest absolute Gasteiger partial charge is 0.220 e. The molecule has 3 rings (SSSR count). The minimum absolute atomic E-state index is 0.368. The van der Waals surface area contributed by atoms with Gasteiger partial charge in [0.2, 0.25) is 5.88 Å². The van der Waals surface area contributed by atoms with E-state index in [1.165, 1.54) is 12.1 Å². The third-order valence-electron chi connectivity index (χ3n) is 3.11. The van der Waals surface area contributed by atoms with E-state index < -0.39 is 0 Å². The van der Waals surface area contributed by atoms with Crippen molar-refractivity contribution in [3.05, 3.63) is 64.4 Å². The van der Waals surface area contributed by atoms with Gasteiger partial charge in [0.25, 0.3) is 0 Å². The highest BCUT2D eigenvalue weighted by atomic mass is 79.9. The predicted molar refractivity (Wildman–Crippen MR) is 83.8 cm³/mol. The van der Waals surface area contributed by atoms with Crippen molar-refractivity contribution in [1.82, 2.24) is 4.98 Å². The van der Waals surface area contributed by atoms with Gasteiger partial charge in [0, 0.05) is 24.1 Å². The summed E-state index contributed by atoms with van der Waals surface area (Å²) in [7, 11) is 0. The third kappa shape index (κ3) is 2.89. The number of hydrogen-bond donors (Lipinski definition) is 1. The summed E-state index contributed by atoms with van der Waals surface area (Å²) in [6.45, 7) is 0.379. The predicted octanol–water partition coefficient (Wildman–Crippen LogP) is 4.39. The first-order chi connectivity index (χ1) is 10.2. The zero-order chi connectivity index (χ0) is 14.8. The molecule has 5 heteroatoms. The first-order valence-electron chi connectivity index (χ1n) is 6.39. The minimum Gasteiger partial charge on any atom is -0.438 e. The number of hydrogen-bond acceptors (Lipinski definition) is 3. The Kier molecular flexibility index (Phi) is 3.86. The van der Waals surface area contributed by atoms with Gasteiger partial charge < -0.3 is 10.5 Å². The molecule has 1 heterocycles. The highest BCUT2D eigenvalue weighted by Gasteiger charge is 2.09. The lowest BCUT2D eigenvalue weighted by molar-refractivity contribution is 0.456. The van der Waals surface area contributed by atoms with Gasteiger partial charge in [0.05, 0.1) is 9.99 Å². The lowest BCUT2D eigenvalue weighted by Gasteiger charge is -2.10. The van der Waals surface area contributed by atoms with Gasteiger partial charge in [-0.3, -0.25) is 0 Å². The molecular weight excluding hydrogens is 335 g/mol. The Hall–Kier alpha value is -1.98. The summed E-state index contributed by atoms with van der Waals surface area (Å²) in [5, 5.41) is 0.991. The van der Waals surface area contributed by atoms with E-state index in [4.69, 9.17) is 10.5 Å². The quantitative estimate of drug-likeness (QED) is 0.765. The minimum atomic E-state index is -0.368. The molecule has 0 spiro atoms. The second-order valence-electron chi connectivity index (χ2n) is 4.52. The number of halogens is 2. The molecule has 106 valence electrons. The van der Waals surface area contributed by atoms with Crippen LogP contribution >= 0.6 is 15.9 Å². The van der Waals surface area contributed by atoms with Crippen molar-refractivity contribution in [3.8, 4) is 11.6 Å². The van der Waals surface area contributed by atoms with Gasteiger partial charge in [-0.25, -0.2) is 9.37 Å². The Morgan fingerprint density at radius 3 is 2.76 bits per heavy atom. The van der Waals surface area contributed by atoms with Crippen molar-refractivity contribution in [1.29, 1.82) is 0 Å². The monoisotopic (exact) mass is 346 g/mol. The molecule has 0 aliphatic heterocycles. The Bertz CT molecular complexity index is 807. The fourth-order valence-corrected chi connectivity index (χ4v) is 2.44. The van der Waals surface area contributed by atoms with Crippen LogP contribution in [-0.2, 0) is 6.54 Å². The zero-order valence-corrected chi connectivity index (χ0v) is 12.6. The second-order valence-corrected chi connectivity index (χ2v) is 5.37. The number of rotatable bonds is 3. The van der Waals surface area contributed by atoms with Crippen LogP contribution in [0.4, 0.5) is 4.39 Å². The van der Waals surface area contributed by atoms with E-state index in [0.29, 0.717) is 22.6 Å². The first-order valence-corrected chi connectivity index (χ1v) is 7.18. The Morgan fingerprint density at radius 1 is 1.14 bits per heavy atom. The van der Waals surface area contributed by atoms with Crippen LogP contribution in [0.2, 0.25) is 0 Å². The fraction of sp³-hybridized carbons (Fsp3) is 0.0625. The third-order valence-corrected chi connectivity index (χ3v) is 3.76. The topological polar surface area (TPSA) is 48.1 Å². The molecule has 0 aliphatic carbocycles. The highest BCUT2D eigenvalue weighted by Crippen LogP contribution is 2.31. The van der Waals surface area contributed by atoms with Gasteiger partial charge in [0.1, 0.15) is 11.6 Å². The van der Waals surface area contributed by atoms with Crippen LogP contribution in [-0.4, -0.2) is 4.98 Å². The molecule has 0 saturated carbocycles. The fourth-order valence-electron chi connectivity index (χ4n) is 2.11. The number of ether oxygens (including phenoxy) is 1. The maximum absolute atomic E-state index is 13.3. The SMILES string of the molecule is NCc1cc(Oc2cc(F)ccc2Br)nc2ccccc12. The summed E-state index contributed by atoms with van der Waals surface area (Å²) in [6, 6.07) is 13.7. The van der Waals surface area contributed by atoms with Crippen molar-refractivity contribution in [2.24, 2.45) is 5.73 Å². The average molecular weight is 347 g/mol. The standard InChI is InChI=1S/C16H12BrFN2O/c17-13-6-5-11(18)8-15(13)21-16-7-10(9-19)12-3-1-2-4-14(12)20-16/h1-8H,9,19H2. The summed E-state index contributed by atoms with van der Waals surface area (Å²) in [4.78, 5) is 4.43. The van der Waals surface area contributed by atoms with Crippen molar-refractivity contribution in [2.75, 3.05) is 0 Å². The molecule has 0 aliphatic rings. The molecule has 1 aromatic heterocycles. The second kappa shape index (κ2) is 5.79. The van der Waals surface area contributed by atoms with Crippen LogP contribution < -0.4 is 10.5 Å². The van der Waals surface area contributed by atoms with Gasteiger partial charge in [-0.15, -0.1) is 0 Å². The molecule has 0 fully saturated rings. The molecule has 0 bridgehead atoms. The number of aromatic nitrogens is 1. The van der Waals surface area contributed by atoms with Crippen molar-refractivity contribution in [2.45, 2.75) is 6.54 Å². The summed E-state index contributed by atoms with van der Waals surface area (Å²) in [5.41, 5.74) is 7.51. The van der Waals surface area contributed by atoms with Crippen LogP contribution in [0.25, 0.3) is 10.9 Å². The molecule has 2 N–H and O–H groups in total. The van der Waals surface area contributed by atoms with Crippen LogP contribution in [0, 0.1) is 5.82 Å². The molecule has 0 atom stereocenters. The Morgan fingerprint density at radius 2 is 1.95 bits per heavy atom. The Labute approximate surface area is 129 Å². The van der Waals surface area contributed by atoms with E-state index >= 15 is 0 Å². The molecule has 0 radical (unpaired) electrons. The molecule has 21 heavy (non-hydrogen) atoms. The molecule has 3 nitrogen and oxygen atoms in total. The lowest BCUT2D eigenvalue weighted by Crippen LogP contribution is -2.00. The Balaban J connectivity index is 2.06. The van der Waals surface area contributed by atoms with Crippen LogP contribution in [0.1, 0.15) is 5.56 Å². The highest BCUT2D eigenvalue weighted by molar-refractivity contribution is 9.10.